The van der Waals surface area contributed by atoms with E-state index in [1.165, 1.54) is 30.1 Å². The molecule has 172 valence electrons. The molecule has 1 aliphatic heterocycles. The minimum atomic E-state index is -4.15. The predicted octanol–water partition coefficient (Wildman–Crippen LogP) is 3.86. The van der Waals surface area contributed by atoms with E-state index in [0.717, 1.165) is 20.8 Å². The highest BCUT2D eigenvalue weighted by Gasteiger charge is 2.40. The van der Waals surface area contributed by atoms with E-state index in [0.29, 0.717) is 12.1 Å². The number of carbonyl (C=O) groups is 2. The van der Waals surface area contributed by atoms with Gasteiger partial charge in [0.2, 0.25) is 0 Å². The topological polar surface area (TPSA) is 103 Å². The van der Waals surface area contributed by atoms with Gasteiger partial charge in [-0.2, -0.15) is 0 Å². The van der Waals surface area contributed by atoms with Crippen molar-refractivity contribution in [3.63, 3.8) is 0 Å². The minimum absolute atomic E-state index is 0.0769. The van der Waals surface area contributed by atoms with Crippen LogP contribution in [0.25, 0.3) is 10.9 Å². The summed E-state index contributed by atoms with van der Waals surface area (Å²) in [5.41, 5.74) is 3.06. The molecular formula is C25H22N4O4S. The van der Waals surface area contributed by atoms with Gasteiger partial charge in [-0.05, 0) is 52.9 Å². The van der Waals surface area contributed by atoms with Crippen molar-refractivity contribution >= 4 is 38.6 Å². The molecule has 9 heteroatoms. The number of sulfonamides is 1. The molecule has 5 rings (SSSR count). The maximum Gasteiger partial charge on any atom is 0.338 e. The number of benzene rings is 3. The summed E-state index contributed by atoms with van der Waals surface area (Å²) in [6.45, 7) is 0.201. The molecule has 0 radical (unpaired) electrons. The summed E-state index contributed by atoms with van der Waals surface area (Å²) in [4.78, 5) is 30.0. The number of hydrogen-bond acceptors (Lipinski definition) is 4. The molecule has 0 saturated heterocycles. The first-order valence-corrected chi connectivity index (χ1v) is 12.1. The molecule has 0 spiro atoms. The third kappa shape index (κ3) is 3.80. The van der Waals surface area contributed by atoms with E-state index in [2.05, 4.69) is 10.3 Å². The first kappa shape index (κ1) is 21.7. The van der Waals surface area contributed by atoms with E-state index < -0.39 is 22.0 Å². The SMILES string of the molecule is CN1C(=O)N(Cc2ccccc2)S(=O)(=O)c2cc(C(=O)NCc3ccc4[nH]ccc4c3)ccc21. The van der Waals surface area contributed by atoms with Crippen LogP contribution in [0.3, 0.4) is 0 Å². The van der Waals surface area contributed by atoms with Crippen LogP contribution >= 0.6 is 0 Å². The molecule has 1 aliphatic rings. The van der Waals surface area contributed by atoms with Crippen LogP contribution in [0.2, 0.25) is 0 Å². The van der Waals surface area contributed by atoms with Gasteiger partial charge in [0.25, 0.3) is 15.9 Å². The maximum absolute atomic E-state index is 13.4. The minimum Gasteiger partial charge on any atom is -0.361 e. The highest BCUT2D eigenvalue weighted by Crippen LogP contribution is 2.35. The number of nitrogens with one attached hydrogen (secondary N) is 2. The zero-order valence-electron chi connectivity index (χ0n) is 18.4. The van der Waals surface area contributed by atoms with Crippen LogP contribution in [0.5, 0.6) is 0 Å². The molecule has 0 saturated carbocycles. The Bertz CT molecular complexity index is 1510. The molecular weight excluding hydrogens is 452 g/mol. The molecule has 0 atom stereocenters. The Labute approximate surface area is 196 Å². The number of carbonyl (C=O) groups excluding carboxylic acids is 2. The molecule has 0 aliphatic carbocycles. The second-order valence-corrected chi connectivity index (χ2v) is 9.93. The van der Waals surface area contributed by atoms with Crippen LogP contribution in [0.1, 0.15) is 21.5 Å². The number of aromatic amines is 1. The summed E-state index contributed by atoms with van der Waals surface area (Å²) in [6, 6.07) is 20.4. The smallest absolute Gasteiger partial charge is 0.338 e. The van der Waals surface area contributed by atoms with Gasteiger partial charge < -0.3 is 10.3 Å². The Hall–Kier alpha value is -4.11. The van der Waals surface area contributed by atoms with Crippen LogP contribution in [-0.4, -0.2) is 36.7 Å². The molecule has 0 fully saturated rings. The lowest BCUT2D eigenvalue weighted by Gasteiger charge is -2.34. The highest BCUT2D eigenvalue weighted by molar-refractivity contribution is 7.90. The lowest BCUT2D eigenvalue weighted by Crippen LogP contribution is -2.48. The molecule has 3 aromatic carbocycles. The van der Waals surface area contributed by atoms with Gasteiger partial charge in [0.05, 0.1) is 12.2 Å². The van der Waals surface area contributed by atoms with Crippen molar-refractivity contribution in [1.82, 2.24) is 14.6 Å². The monoisotopic (exact) mass is 474 g/mol. The van der Waals surface area contributed by atoms with E-state index >= 15 is 0 Å². The standard InChI is InChI=1S/C25H22N4O4S/c1-28-22-10-8-20(24(30)27-15-18-7-9-21-19(13-18)11-12-26-21)14-23(22)34(32,33)29(25(28)31)16-17-5-3-2-4-6-17/h2-14,26H,15-16H2,1H3,(H,27,30). The molecule has 0 unspecified atom stereocenters. The molecule has 3 amide bonds. The second-order valence-electron chi connectivity index (χ2n) is 8.10. The number of aromatic nitrogens is 1. The summed E-state index contributed by atoms with van der Waals surface area (Å²) in [6.07, 6.45) is 1.85. The first-order valence-electron chi connectivity index (χ1n) is 10.7. The lowest BCUT2D eigenvalue weighted by atomic mass is 10.1. The quantitative estimate of drug-likeness (QED) is 0.459. The molecule has 2 N–H and O–H groups in total. The fraction of sp³-hybridized carbons (Fsp3) is 0.120. The zero-order valence-corrected chi connectivity index (χ0v) is 19.2. The number of rotatable bonds is 5. The molecule has 1 aromatic heterocycles. The first-order chi connectivity index (χ1) is 16.3. The number of urea groups is 1. The maximum atomic E-state index is 13.4. The molecule has 4 aromatic rings. The van der Waals surface area contributed by atoms with Crippen LogP contribution in [0.15, 0.2) is 83.9 Å². The summed E-state index contributed by atoms with van der Waals surface area (Å²) in [5, 5.41) is 3.88. The highest BCUT2D eigenvalue weighted by atomic mass is 32.2. The normalized spacial score (nSPS) is 14.8. The van der Waals surface area contributed by atoms with Gasteiger partial charge in [-0.25, -0.2) is 17.5 Å². The number of H-pyrrole nitrogens is 1. The van der Waals surface area contributed by atoms with Crippen molar-refractivity contribution in [3.8, 4) is 0 Å². The Morgan fingerprint density at radius 3 is 2.56 bits per heavy atom. The third-order valence-electron chi connectivity index (χ3n) is 5.89. The fourth-order valence-electron chi connectivity index (χ4n) is 4.03. The van der Waals surface area contributed by atoms with E-state index in [9.17, 15) is 18.0 Å². The van der Waals surface area contributed by atoms with Gasteiger partial charge in [0.1, 0.15) is 4.90 Å². The zero-order chi connectivity index (χ0) is 23.9. The lowest BCUT2D eigenvalue weighted by molar-refractivity contribution is 0.0950. The average molecular weight is 475 g/mol. The van der Waals surface area contributed by atoms with Gasteiger partial charge in [0.15, 0.2) is 0 Å². The van der Waals surface area contributed by atoms with Crippen molar-refractivity contribution in [3.05, 3.63) is 95.7 Å². The van der Waals surface area contributed by atoms with Crippen LogP contribution in [0, 0.1) is 0 Å². The third-order valence-corrected chi connectivity index (χ3v) is 7.64. The Balaban J connectivity index is 1.41. The Morgan fingerprint density at radius 1 is 0.971 bits per heavy atom. The van der Waals surface area contributed by atoms with Crippen LogP contribution in [0.4, 0.5) is 10.5 Å². The number of nitrogens with zero attached hydrogens (tertiary/aromatic N) is 2. The fourth-order valence-corrected chi connectivity index (χ4v) is 5.66. The molecule has 0 bridgehead atoms. The number of fused-ring (bicyclic) bond motifs is 2. The van der Waals surface area contributed by atoms with Gasteiger partial charge in [0, 0.05) is 30.9 Å². The van der Waals surface area contributed by atoms with Crippen molar-refractivity contribution in [2.24, 2.45) is 0 Å². The van der Waals surface area contributed by atoms with Gasteiger partial charge >= 0.3 is 6.03 Å². The van der Waals surface area contributed by atoms with Crippen molar-refractivity contribution in [2.45, 2.75) is 18.0 Å². The number of amides is 3. The van der Waals surface area contributed by atoms with Gasteiger partial charge in [-0.1, -0.05) is 36.4 Å². The molecule has 34 heavy (non-hydrogen) atoms. The molecule has 2 heterocycles. The van der Waals surface area contributed by atoms with Crippen LogP contribution < -0.4 is 10.2 Å². The summed E-state index contributed by atoms with van der Waals surface area (Å²) >= 11 is 0. The number of hydrogen-bond donors (Lipinski definition) is 2. The van der Waals surface area contributed by atoms with E-state index in [1.54, 1.807) is 24.3 Å². The Morgan fingerprint density at radius 2 is 1.76 bits per heavy atom. The van der Waals surface area contributed by atoms with Crippen molar-refractivity contribution < 1.29 is 18.0 Å². The van der Waals surface area contributed by atoms with E-state index in [-0.39, 0.29) is 22.7 Å². The van der Waals surface area contributed by atoms with Crippen molar-refractivity contribution in [1.29, 1.82) is 0 Å². The van der Waals surface area contributed by atoms with E-state index in [1.807, 2.05) is 36.5 Å². The summed E-state index contributed by atoms with van der Waals surface area (Å²) < 4.78 is 27.6. The van der Waals surface area contributed by atoms with E-state index in [4.69, 9.17) is 0 Å². The summed E-state index contributed by atoms with van der Waals surface area (Å²) in [5.74, 6) is -0.402. The second kappa shape index (κ2) is 8.35. The Kier molecular flexibility index (Phi) is 5.33. The average Bonchev–Trinajstić information content (AvgIpc) is 3.32. The van der Waals surface area contributed by atoms with Gasteiger partial charge in [-0.15, -0.1) is 0 Å². The summed E-state index contributed by atoms with van der Waals surface area (Å²) in [7, 11) is -2.63. The number of anilines is 1. The largest absolute Gasteiger partial charge is 0.361 e. The predicted molar refractivity (Wildman–Crippen MR) is 129 cm³/mol. The van der Waals surface area contributed by atoms with Crippen molar-refractivity contribution in [2.75, 3.05) is 11.9 Å². The molecule has 8 nitrogen and oxygen atoms in total. The van der Waals surface area contributed by atoms with Gasteiger partial charge in [-0.3, -0.25) is 9.69 Å². The van der Waals surface area contributed by atoms with Crippen LogP contribution in [-0.2, 0) is 23.1 Å².